The van der Waals surface area contributed by atoms with Gasteiger partial charge in [-0.05, 0) is 50.3 Å². The van der Waals surface area contributed by atoms with Gasteiger partial charge in [0.05, 0.1) is 5.69 Å². The summed E-state index contributed by atoms with van der Waals surface area (Å²) in [5.74, 6) is 0.569. The highest BCUT2D eigenvalue weighted by molar-refractivity contribution is 5.92. The van der Waals surface area contributed by atoms with Gasteiger partial charge >= 0.3 is 0 Å². The zero-order valence-corrected chi connectivity index (χ0v) is 14.5. The largest absolute Gasteiger partial charge is 0.331 e. The summed E-state index contributed by atoms with van der Waals surface area (Å²) in [6.45, 7) is 2.13. The molecule has 1 saturated heterocycles. The predicted octanol–water partition coefficient (Wildman–Crippen LogP) is 3.03. The molecular formula is C20H23N3O2. The highest BCUT2D eigenvalue weighted by Gasteiger charge is 2.43. The Bertz CT molecular complexity index is 830. The SMILES string of the molecule is CC1CC2CCCCC2N1C(=O)c1ccc(=O)n(-c2ccccc2)n1. The van der Waals surface area contributed by atoms with Crippen LogP contribution in [0.25, 0.3) is 5.69 Å². The van der Waals surface area contributed by atoms with Crippen molar-refractivity contribution in [1.82, 2.24) is 14.7 Å². The topological polar surface area (TPSA) is 55.2 Å². The van der Waals surface area contributed by atoms with Crippen LogP contribution in [-0.4, -0.2) is 32.7 Å². The summed E-state index contributed by atoms with van der Waals surface area (Å²) in [7, 11) is 0. The Hall–Kier alpha value is -2.43. The van der Waals surface area contributed by atoms with E-state index in [4.69, 9.17) is 0 Å². The fourth-order valence-electron chi connectivity index (χ4n) is 4.47. The second-order valence-electron chi connectivity index (χ2n) is 7.21. The molecule has 1 aliphatic carbocycles. The summed E-state index contributed by atoms with van der Waals surface area (Å²) >= 11 is 0. The van der Waals surface area contributed by atoms with E-state index in [-0.39, 0.29) is 17.5 Å². The first kappa shape index (κ1) is 16.1. The number of carbonyl (C=O) groups is 1. The van der Waals surface area contributed by atoms with Crippen molar-refractivity contribution in [1.29, 1.82) is 0 Å². The van der Waals surface area contributed by atoms with Gasteiger partial charge < -0.3 is 4.90 Å². The van der Waals surface area contributed by atoms with Gasteiger partial charge in [-0.3, -0.25) is 9.59 Å². The number of carbonyl (C=O) groups excluding carboxylic acids is 1. The Morgan fingerprint density at radius 3 is 2.64 bits per heavy atom. The van der Waals surface area contributed by atoms with Crippen LogP contribution in [0.5, 0.6) is 0 Å². The Labute approximate surface area is 147 Å². The van der Waals surface area contributed by atoms with E-state index in [1.165, 1.54) is 30.0 Å². The van der Waals surface area contributed by atoms with Crippen molar-refractivity contribution in [3.05, 3.63) is 58.5 Å². The third kappa shape index (κ3) is 2.88. The third-order valence-electron chi connectivity index (χ3n) is 5.60. The minimum absolute atomic E-state index is 0.0495. The summed E-state index contributed by atoms with van der Waals surface area (Å²) in [5.41, 5.74) is 0.793. The molecule has 3 unspecified atom stereocenters. The monoisotopic (exact) mass is 337 g/mol. The van der Waals surface area contributed by atoms with Gasteiger partial charge in [0.2, 0.25) is 0 Å². The number of hydrogen-bond acceptors (Lipinski definition) is 3. The van der Waals surface area contributed by atoms with E-state index in [1.807, 2.05) is 35.2 Å². The summed E-state index contributed by atoms with van der Waals surface area (Å²) in [5, 5.41) is 4.37. The number of fused-ring (bicyclic) bond motifs is 1. The van der Waals surface area contributed by atoms with E-state index in [9.17, 15) is 9.59 Å². The lowest BCUT2D eigenvalue weighted by atomic mass is 9.85. The quantitative estimate of drug-likeness (QED) is 0.846. The van der Waals surface area contributed by atoms with E-state index >= 15 is 0 Å². The fraction of sp³-hybridized carbons (Fsp3) is 0.450. The number of aromatic nitrogens is 2. The van der Waals surface area contributed by atoms with Crippen LogP contribution in [0.15, 0.2) is 47.3 Å². The molecule has 1 amide bonds. The van der Waals surface area contributed by atoms with Crippen LogP contribution in [0.2, 0.25) is 0 Å². The second kappa shape index (κ2) is 6.47. The summed E-state index contributed by atoms with van der Waals surface area (Å²) in [6.07, 6.45) is 5.84. The van der Waals surface area contributed by atoms with Crippen LogP contribution in [0.3, 0.4) is 0 Å². The highest BCUT2D eigenvalue weighted by Crippen LogP contribution is 2.40. The molecule has 1 aromatic heterocycles. The smallest absolute Gasteiger partial charge is 0.274 e. The normalized spacial score (nSPS) is 25.6. The molecule has 0 N–H and O–H groups in total. The molecule has 2 fully saturated rings. The minimum atomic E-state index is -0.229. The summed E-state index contributed by atoms with van der Waals surface area (Å²) in [6, 6.07) is 12.8. The summed E-state index contributed by atoms with van der Waals surface area (Å²) < 4.78 is 1.31. The molecule has 25 heavy (non-hydrogen) atoms. The number of hydrogen-bond donors (Lipinski definition) is 0. The number of benzene rings is 1. The molecule has 2 heterocycles. The van der Waals surface area contributed by atoms with Gasteiger partial charge in [0.15, 0.2) is 0 Å². The summed E-state index contributed by atoms with van der Waals surface area (Å²) in [4.78, 5) is 27.4. The Kier molecular flexibility index (Phi) is 4.15. The lowest BCUT2D eigenvalue weighted by molar-refractivity contribution is 0.0625. The molecule has 2 aromatic rings. The molecule has 1 saturated carbocycles. The standard InChI is InChI=1S/C20H23N3O2/c1-14-13-15-7-5-6-10-18(15)22(14)20(25)17-11-12-19(24)23(21-17)16-8-3-2-4-9-16/h2-4,8-9,11-12,14-15,18H,5-7,10,13H2,1H3. The van der Waals surface area contributed by atoms with Gasteiger partial charge in [0, 0.05) is 18.2 Å². The Balaban J connectivity index is 1.68. The van der Waals surface area contributed by atoms with Crippen LogP contribution >= 0.6 is 0 Å². The van der Waals surface area contributed by atoms with Crippen molar-refractivity contribution in [3.8, 4) is 5.69 Å². The van der Waals surface area contributed by atoms with Crippen LogP contribution in [0, 0.1) is 5.92 Å². The van der Waals surface area contributed by atoms with E-state index in [0.717, 1.165) is 12.8 Å². The van der Waals surface area contributed by atoms with Crippen LogP contribution in [0.1, 0.15) is 49.5 Å². The molecule has 1 aliphatic heterocycles. The number of para-hydroxylation sites is 1. The van der Waals surface area contributed by atoms with Gasteiger partial charge in [-0.1, -0.05) is 31.0 Å². The maximum atomic E-state index is 13.2. The van der Waals surface area contributed by atoms with Crippen LogP contribution < -0.4 is 5.56 Å². The predicted molar refractivity (Wildman–Crippen MR) is 95.8 cm³/mol. The Morgan fingerprint density at radius 1 is 1.08 bits per heavy atom. The van der Waals surface area contributed by atoms with Crippen LogP contribution in [-0.2, 0) is 0 Å². The van der Waals surface area contributed by atoms with Gasteiger partial charge in [-0.2, -0.15) is 9.78 Å². The van der Waals surface area contributed by atoms with Crippen molar-refractivity contribution in [2.75, 3.05) is 0 Å². The molecule has 0 spiro atoms. The number of amides is 1. The first-order valence-electron chi connectivity index (χ1n) is 9.13. The van der Waals surface area contributed by atoms with E-state index < -0.39 is 0 Å². The number of rotatable bonds is 2. The number of likely N-dealkylation sites (tertiary alicyclic amines) is 1. The zero-order valence-electron chi connectivity index (χ0n) is 14.5. The second-order valence-corrected chi connectivity index (χ2v) is 7.21. The molecule has 0 bridgehead atoms. The van der Waals surface area contributed by atoms with E-state index in [2.05, 4.69) is 12.0 Å². The van der Waals surface area contributed by atoms with Crippen molar-refractivity contribution in [2.45, 2.75) is 51.1 Å². The molecule has 4 rings (SSSR count). The molecule has 0 radical (unpaired) electrons. The molecule has 5 nitrogen and oxygen atoms in total. The first-order chi connectivity index (χ1) is 12.1. The highest BCUT2D eigenvalue weighted by atomic mass is 16.2. The van der Waals surface area contributed by atoms with Crippen LogP contribution in [0.4, 0.5) is 0 Å². The van der Waals surface area contributed by atoms with Crippen molar-refractivity contribution in [3.63, 3.8) is 0 Å². The Morgan fingerprint density at radius 2 is 1.84 bits per heavy atom. The van der Waals surface area contributed by atoms with Gasteiger partial charge in [-0.15, -0.1) is 0 Å². The fourth-order valence-corrected chi connectivity index (χ4v) is 4.47. The third-order valence-corrected chi connectivity index (χ3v) is 5.60. The van der Waals surface area contributed by atoms with Gasteiger partial charge in [0.1, 0.15) is 5.69 Å². The van der Waals surface area contributed by atoms with Gasteiger partial charge in [-0.25, -0.2) is 0 Å². The average Bonchev–Trinajstić information content (AvgIpc) is 2.98. The molecular weight excluding hydrogens is 314 g/mol. The average molecular weight is 337 g/mol. The van der Waals surface area contributed by atoms with E-state index in [1.54, 1.807) is 6.07 Å². The first-order valence-corrected chi connectivity index (χ1v) is 9.13. The van der Waals surface area contributed by atoms with E-state index in [0.29, 0.717) is 23.3 Å². The van der Waals surface area contributed by atoms with Crippen molar-refractivity contribution < 1.29 is 4.79 Å². The lowest BCUT2D eigenvalue weighted by Crippen LogP contribution is -2.43. The van der Waals surface area contributed by atoms with Gasteiger partial charge in [0.25, 0.3) is 11.5 Å². The molecule has 5 heteroatoms. The zero-order chi connectivity index (χ0) is 17.4. The molecule has 1 aromatic carbocycles. The van der Waals surface area contributed by atoms with Crippen molar-refractivity contribution >= 4 is 5.91 Å². The molecule has 130 valence electrons. The maximum Gasteiger partial charge on any atom is 0.274 e. The lowest BCUT2D eigenvalue weighted by Gasteiger charge is -2.33. The van der Waals surface area contributed by atoms with Crippen molar-refractivity contribution in [2.24, 2.45) is 5.92 Å². The maximum absolute atomic E-state index is 13.2. The minimum Gasteiger partial charge on any atom is -0.331 e. The molecule has 2 aliphatic rings. The molecule has 3 atom stereocenters. The number of nitrogens with zero attached hydrogens (tertiary/aromatic N) is 3.